The van der Waals surface area contributed by atoms with E-state index in [2.05, 4.69) is 28.3 Å². The van der Waals surface area contributed by atoms with Crippen LogP contribution in [0.5, 0.6) is 5.75 Å². The molecular weight excluding hydrogens is 451 g/mol. The van der Waals surface area contributed by atoms with Crippen molar-refractivity contribution >= 4 is 41.5 Å². The first-order valence-electron chi connectivity index (χ1n) is 7.81. The summed E-state index contributed by atoms with van der Waals surface area (Å²) < 4.78 is 5.71. The molecular formula is C18H24ClIN4O. The highest BCUT2D eigenvalue weighted by Crippen LogP contribution is 2.16. The third kappa shape index (κ3) is 7.07. The summed E-state index contributed by atoms with van der Waals surface area (Å²) in [7, 11) is 3.74. The van der Waals surface area contributed by atoms with Gasteiger partial charge in [-0.05, 0) is 36.8 Å². The summed E-state index contributed by atoms with van der Waals surface area (Å²) >= 11 is 5.95. The number of hydrogen-bond acceptors (Lipinski definition) is 3. The predicted octanol–water partition coefficient (Wildman–Crippen LogP) is 3.75. The van der Waals surface area contributed by atoms with Gasteiger partial charge in [0.05, 0.1) is 18.8 Å². The number of aliphatic imine (C=N–C) groups is 1. The lowest BCUT2D eigenvalue weighted by atomic mass is 10.2. The standard InChI is InChI=1S/C18H23ClN4O.HI/c1-14-6-5-9-21-17(14)13-22-18(20-2)23(3)10-11-24-16-8-4-7-15(19)12-16;/h4-9,12H,10-11,13H2,1-3H3,(H,20,22);1H. The third-order valence-corrected chi connectivity index (χ3v) is 3.83. The molecule has 1 aromatic heterocycles. The van der Waals surface area contributed by atoms with Crippen molar-refractivity contribution in [1.29, 1.82) is 0 Å². The topological polar surface area (TPSA) is 49.8 Å². The SMILES string of the molecule is CN=C(NCc1ncccc1C)N(C)CCOc1cccc(Cl)c1.I. The number of nitrogens with zero attached hydrogens (tertiary/aromatic N) is 3. The minimum atomic E-state index is 0. The summed E-state index contributed by atoms with van der Waals surface area (Å²) in [5, 5.41) is 3.99. The van der Waals surface area contributed by atoms with Crippen molar-refractivity contribution in [2.75, 3.05) is 27.2 Å². The fourth-order valence-corrected chi connectivity index (χ4v) is 2.39. The van der Waals surface area contributed by atoms with E-state index in [9.17, 15) is 0 Å². The maximum absolute atomic E-state index is 5.95. The van der Waals surface area contributed by atoms with Crippen LogP contribution in [-0.2, 0) is 6.54 Å². The first-order chi connectivity index (χ1) is 11.6. The molecule has 0 aliphatic rings. The molecule has 2 rings (SSSR count). The van der Waals surface area contributed by atoms with Crippen LogP contribution in [0.4, 0.5) is 0 Å². The average molecular weight is 475 g/mol. The van der Waals surface area contributed by atoms with E-state index in [1.807, 2.05) is 36.2 Å². The van der Waals surface area contributed by atoms with Crippen LogP contribution < -0.4 is 10.1 Å². The quantitative estimate of drug-likeness (QED) is 0.394. The Morgan fingerprint density at radius 1 is 1.32 bits per heavy atom. The Labute approximate surface area is 171 Å². The molecule has 2 aromatic rings. The highest BCUT2D eigenvalue weighted by atomic mass is 127. The maximum Gasteiger partial charge on any atom is 0.193 e. The molecule has 25 heavy (non-hydrogen) atoms. The van der Waals surface area contributed by atoms with Crippen LogP contribution in [0.1, 0.15) is 11.3 Å². The van der Waals surface area contributed by atoms with E-state index >= 15 is 0 Å². The van der Waals surface area contributed by atoms with Gasteiger partial charge in [0.15, 0.2) is 5.96 Å². The molecule has 0 saturated heterocycles. The number of rotatable bonds is 6. The maximum atomic E-state index is 5.95. The first kappa shape index (κ1) is 21.5. The van der Waals surface area contributed by atoms with Crippen molar-refractivity contribution in [1.82, 2.24) is 15.2 Å². The van der Waals surface area contributed by atoms with E-state index in [1.165, 1.54) is 0 Å². The Bertz CT molecular complexity index is 696. The number of likely N-dealkylation sites (N-methyl/N-ethyl adjacent to an activating group) is 1. The fraction of sp³-hybridized carbons (Fsp3) is 0.333. The molecule has 0 unspecified atom stereocenters. The number of pyridine rings is 1. The molecule has 0 aliphatic heterocycles. The van der Waals surface area contributed by atoms with Crippen LogP contribution in [0.25, 0.3) is 0 Å². The van der Waals surface area contributed by atoms with Crippen LogP contribution in [0, 0.1) is 6.92 Å². The Balaban J connectivity index is 0.00000312. The molecule has 136 valence electrons. The lowest BCUT2D eigenvalue weighted by Gasteiger charge is -2.22. The van der Waals surface area contributed by atoms with Crippen molar-refractivity contribution in [2.45, 2.75) is 13.5 Å². The van der Waals surface area contributed by atoms with Gasteiger partial charge in [0.1, 0.15) is 12.4 Å². The number of nitrogens with one attached hydrogen (secondary N) is 1. The second kappa shape index (κ2) is 11.1. The van der Waals surface area contributed by atoms with E-state index in [0.717, 1.165) is 23.0 Å². The summed E-state index contributed by atoms with van der Waals surface area (Å²) in [6.07, 6.45) is 1.80. The molecule has 0 fully saturated rings. The summed E-state index contributed by atoms with van der Waals surface area (Å²) in [6.45, 7) is 3.93. The van der Waals surface area contributed by atoms with Gasteiger partial charge in [-0.25, -0.2) is 0 Å². The summed E-state index contributed by atoms with van der Waals surface area (Å²) in [5.41, 5.74) is 2.18. The monoisotopic (exact) mass is 474 g/mol. The van der Waals surface area contributed by atoms with Gasteiger partial charge in [0, 0.05) is 25.3 Å². The molecule has 0 saturated carbocycles. The number of halogens is 2. The second-order valence-electron chi connectivity index (χ2n) is 5.40. The average Bonchev–Trinajstić information content (AvgIpc) is 2.57. The van der Waals surface area contributed by atoms with Crippen LogP contribution in [-0.4, -0.2) is 43.1 Å². The van der Waals surface area contributed by atoms with E-state index in [0.29, 0.717) is 24.7 Å². The molecule has 0 amide bonds. The number of aryl methyl sites for hydroxylation is 1. The van der Waals surface area contributed by atoms with Gasteiger partial charge in [-0.2, -0.15) is 0 Å². The molecule has 1 N–H and O–H groups in total. The van der Waals surface area contributed by atoms with E-state index in [-0.39, 0.29) is 24.0 Å². The van der Waals surface area contributed by atoms with Crippen molar-refractivity contribution < 1.29 is 4.74 Å². The van der Waals surface area contributed by atoms with Gasteiger partial charge >= 0.3 is 0 Å². The number of hydrogen-bond donors (Lipinski definition) is 1. The Morgan fingerprint density at radius 3 is 2.80 bits per heavy atom. The van der Waals surface area contributed by atoms with Gasteiger partial charge < -0.3 is 15.0 Å². The zero-order valence-electron chi connectivity index (χ0n) is 14.7. The van der Waals surface area contributed by atoms with Crippen molar-refractivity contribution in [3.63, 3.8) is 0 Å². The third-order valence-electron chi connectivity index (χ3n) is 3.60. The van der Waals surface area contributed by atoms with Gasteiger partial charge in [-0.1, -0.05) is 23.7 Å². The van der Waals surface area contributed by atoms with E-state index in [4.69, 9.17) is 16.3 Å². The second-order valence-corrected chi connectivity index (χ2v) is 5.83. The number of guanidine groups is 1. The van der Waals surface area contributed by atoms with Crippen LogP contribution in [0.15, 0.2) is 47.6 Å². The molecule has 0 bridgehead atoms. The van der Waals surface area contributed by atoms with Crippen LogP contribution >= 0.6 is 35.6 Å². The normalized spacial score (nSPS) is 10.8. The van der Waals surface area contributed by atoms with Crippen molar-refractivity contribution in [2.24, 2.45) is 4.99 Å². The minimum Gasteiger partial charge on any atom is -0.492 e. The molecule has 5 nitrogen and oxygen atoms in total. The van der Waals surface area contributed by atoms with Crippen molar-refractivity contribution in [3.8, 4) is 5.75 Å². The van der Waals surface area contributed by atoms with Crippen molar-refractivity contribution in [3.05, 3.63) is 58.9 Å². The van der Waals surface area contributed by atoms with Gasteiger partial charge in [-0.15, -0.1) is 24.0 Å². The van der Waals surface area contributed by atoms with Gasteiger partial charge in [0.2, 0.25) is 0 Å². The Hall–Kier alpha value is -1.54. The van der Waals surface area contributed by atoms with Gasteiger partial charge in [-0.3, -0.25) is 9.98 Å². The van der Waals surface area contributed by atoms with Crippen LogP contribution in [0.3, 0.4) is 0 Å². The molecule has 7 heteroatoms. The number of ether oxygens (including phenoxy) is 1. The molecule has 0 aliphatic carbocycles. The number of benzene rings is 1. The highest BCUT2D eigenvalue weighted by Gasteiger charge is 2.07. The first-order valence-corrected chi connectivity index (χ1v) is 8.18. The zero-order chi connectivity index (χ0) is 17.4. The summed E-state index contributed by atoms with van der Waals surface area (Å²) in [4.78, 5) is 10.7. The number of aromatic nitrogens is 1. The molecule has 0 atom stereocenters. The lowest BCUT2D eigenvalue weighted by molar-refractivity contribution is 0.281. The van der Waals surface area contributed by atoms with E-state index < -0.39 is 0 Å². The minimum absolute atomic E-state index is 0. The summed E-state index contributed by atoms with van der Waals surface area (Å²) in [5.74, 6) is 1.57. The highest BCUT2D eigenvalue weighted by molar-refractivity contribution is 14.0. The van der Waals surface area contributed by atoms with Gasteiger partial charge in [0.25, 0.3) is 0 Å². The van der Waals surface area contributed by atoms with E-state index in [1.54, 1.807) is 19.3 Å². The Morgan fingerprint density at radius 2 is 2.12 bits per heavy atom. The van der Waals surface area contributed by atoms with Crippen LogP contribution in [0.2, 0.25) is 5.02 Å². The molecule has 0 radical (unpaired) electrons. The smallest absolute Gasteiger partial charge is 0.193 e. The zero-order valence-corrected chi connectivity index (χ0v) is 17.8. The summed E-state index contributed by atoms with van der Waals surface area (Å²) in [6, 6.07) is 11.4. The lowest BCUT2D eigenvalue weighted by Crippen LogP contribution is -2.40. The molecule has 1 aromatic carbocycles. The largest absolute Gasteiger partial charge is 0.492 e. The molecule has 0 spiro atoms. The Kier molecular flexibility index (Phi) is 9.59. The molecule has 1 heterocycles. The fourth-order valence-electron chi connectivity index (χ4n) is 2.21. The predicted molar refractivity (Wildman–Crippen MR) is 114 cm³/mol.